The molecule has 1 unspecified atom stereocenters. The average Bonchev–Trinajstić information content (AvgIpc) is 2.44. The van der Waals surface area contributed by atoms with Gasteiger partial charge in [-0.3, -0.25) is 4.79 Å². The zero-order chi connectivity index (χ0) is 15.7. The fraction of sp³-hybridized carbons (Fsp3) is 0.588. The number of carbonyl (C=O) groups excluding carboxylic acids is 1. The molecule has 0 aromatic heterocycles. The van der Waals surface area contributed by atoms with E-state index in [-0.39, 0.29) is 5.91 Å². The Labute approximate surface area is 128 Å². The molecule has 3 N–H and O–H groups in total. The van der Waals surface area contributed by atoms with E-state index in [0.717, 1.165) is 24.3 Å². The molecule has 0 aliphatic rings. The first-order valence-electron chi connectivity index (χ1n) is 7.77. The van der Waals surface area contributed by atoms with Gasteiger partial charge in [0.05, 0.1) is 0 Å². The van der Waals surface area contributed by atoms with Gasteiger partial charge in [0.2, 0.25) is 5.91 Å². The smallest absolute Gasteiger partial charge is 0.224 e. The summed E-state index contributed by atoms with van der Waals surface area (Å²) < 4.78 is 5.59. The summed E-state index contributed by atoms with van der Waals surface area (Å²) in [4.78, 5) is 11.9. The maximum Gasteiger partial charge on any atom is 0.224 e. The van der Waals surface area contributed by atoms with Gasteiger partial charge in [-0.2, -0.15) is 0 Å². The number of hydrogen-bond donors (Lipinski definition) is 2. The second-order valence-electron chi connectivity index (χ2n) is 5.64. The van der Waals surface area contributed by atoms with Gasteiger partial charge in [-0.1, -0.05) is 26.3 Å². The van der Waals surface area contributed by atoms with Crippen molar-refractivity contribution in [2.24, 2.45) is 5.92 Å². The second-order valence-corrected chi connectivity index (χ2v) is 5.64. The molecular weight excluding hydrogens is 264 g/mol. The molecule has 0 bridgehead atoms. The zero-order valence-corrected chi connectivity index (χ0v) is 13.4. The number of anilines is 2. The number of hydrogen-bond acceptors (Lipinski definition) is 3. The summed E-state index contributed by atoms with van der Waals surface area (Å²) in [7, 11) is 0. The van der Waals surface area contributed by atoms with E-state index in [2.05, 4.69) is 19.2 Å². The normalized spacial score (nSPS) is 12.1. The van der Waals surface area contributed by atoms with E-state index in [1.807, 2.05) is 25.1 Å². The van der Waals surface area contributed by atoms with Crippen molar-refractivity contribution in [1.82, 2.24) is 0 Å². The predicted molar refractivity (Wildman–Crippen MR) is 88.3 cm³/mol. The van der Waals surface area contributed by atoms with Crippen molar-refractivity contribution < 1.29 is 9.53 Å². The van der Waals surface area contributed by atoms with Gasteiger partial charge in [-0.05, 0) is 43.4 Å². The standard InChI is InChI=1S/C17H28N2O2/c1-4-7-13(2)12-21-11-6-10-17(20)19-16-9-5-8-15(18)14(16)3/h5,8-9,13H,4,6-7,10-12,18H2,1-3H3,(H,19,20). The molecule has 0 saturated heterocycles. The van der Waals surface area contributed by atoms with Crippen molar-refractivity contribution in [3.8, 4) is 0 Å². The molecule has 0 heterocycles. The van der Waals surface area contributed by atoms with E-state index in [4.69, 9.17) is 10.5 Å². The molecule has 118 valence electrons. The lowest BCUT2D eigenvalue weighted by Gasteiger charge is -2.11. The van der Waals surface area contributed by atoms with Gasteiger partial charge in [-0.25, -0.2) is 0 Å². The van der Waals surface area contributed by atoms with Crippen LogP contribution in [-0.2, 0) is 9.53 Å². The number of ether oxygens (including phenoxy) is 1. The van der Waals surface area contributed by atoms with Crippen LogP contribution < -0.4 is 11.1 Å². The second kappa shape index (κ2) is 9.40. The Bertz CT molecular complexity index is 446. The Morgan fingerprint density at radius 3 is 2.90 bits per heavy atom. The highest BCUT2D eigenvalue weighted by atomic mass is 16.5. The van der Waals surface area contributed by atoms with E-state index in [9.17, 15) is 4.79 Å². The highest BCUT2D eigenvalue weighted by molar-refractivity contribution is 5.92. The molecule has 0 spiro atoms. The number of carbonyl (C=O) groups is 1. The third-order valence-corrected chi connectivity index (χ3v) is 3.53. The molecule has 1 rings (SSSR count). The molecule has 0 radical (unpaired) electrons. The van der Waals surface area contributed by atoms with Gasteiger partial charge in [-0.15, -0.1) is 0 Å². The van der Waals surface area contributed by atoms with Gasteiger partial charge in [0.1, 0.15) is 0 Å². The van der Waals surface area contributed by atoms with Crippen molar-refractivity contribution in [2.75, 3.05) is 24.3 Å². The molecule has 1 amide bonds. The maximum absolute atomic E-state index is 11.9. The van der Waals surface area contributed by atoms with Crippen LogP contribution in [0.1, 0.15) is 45.1 Å². The minimum atomic E-state index is 0.00825. The fourth-order valence-corrected chi connectivity index (χ4v) is 2.20. The quantitative estimate of drug-likeness (QED) is 0.538. The molecule has 4 heteroatoms. The van der Waals surface area contributed by atoms with Gasteiger partial charge in [0.25, 0.3) is 0 Å². The first-order valence-corrected chi connectivity index (χ1v) is 7.77. The summed E-state index contributed by atoms with van der Waals surface area (Å²) in [6.07, 6.45) is 3.59. The number of nitrogens with one attached hydrogen (secondary N) is 1. The minimum Gasteiger partial charge on any atom is -0.398 e. The molecule has 4 nitrogen and oxygen atoms in total. The van der Waals surface area contributed by atoms with Crippen LogP contribution in [-0.4, -0.2) is 19.1 Å². The largest absolute Gasteiger partial charge is 0.398 e. The van der Waals surface area contributed by atoms with Crippen molar-refractivity contribution in [3.63, 3.8) is 0 Å². The van der Waals surface area contributed by atoms with E-state index in [1.54, 1.807) is 0 Å². The van der Waals surface area contributed by atoms with Crippen molar-refractivity contribution in [2.45, 2.75) is 46.5 Å². The van der Waals surface area contributed by atoms with Crippen LogP contribution >= 0.6 is 0 Å². The maximum atomic E-state index is 11.9. The van der Waals surface area contributed by atoms with Crippen LogP contribution in [0.25, 0.3) is 0 Å². The van der Waals surface area contributed by atoms with Crippen molar-refractivity contribution in [3.05, 3.63) is 23.8 Å². The van der Waals surface area contributed by atoms with Crippen LogP contribution in [0.3, 0.4) is 0 Å². The van der Waals surface area contributed by atoms with Crippen LogP contribution in [0.4, 0.5) is 11.4 Å². The number of nitrogen functional groups attached to an aromatic ring is 1. The molecular formula is C17H28N2O2. The molecule has 0 saturated carbocycles. The monoisotopic (exact) mass is 292 g/mol. The fourth-order valence-electron chi connectivity index (χ4n) is 2.20. The van der Waals surface area contributed by atoms with Gasteiger partial charge < -0.3 is 15.8 Å². The predicted octanol–water partition coefficient (Wildman–Crippen LogP) is 3.75. The Hall–Kier alpha value is -1.55. The van der Waals surface area contributed by atoms with Crippen LogP contribution in [0.15, 0.2) is 18.2 Å². The van der Waals surface area contributed by atoms with Crippen molar-refractivity contribution in [1.29, 1.82) is 0 Å². The molecule has 21 heavy (non-hydrogen) atoms. The molecule has 1 atom stereocenters. The molecule has 1 aromatic rings. The van der Waals surface area contributed by atoms with Crippen molar-refractivity contribution >= 4 is 17.3 Å². The van der Waals surface area contributed by atoms with E-state index in [1.165, 1.54) is 12.8 Å². The summed E-state index contributed by atoms with van der Waals surface area (Å²) in [5.41, 5.74) is 8.21. The summed E-state index contributed by atoms with van der Waals surface area (Å²) >= 11 is 0. The zero-order valence-electron chi connectivity index (χ0n) is 13.4. The van der Waals surface area contributed by atoms with Crippen LogP contribution in [0.5, 0.6) is 0 Å². The lowest BCUT2D eigenvalue weighted by Crippen LogP contribution is -2.14. The van der Waals surface area contributed by atoms with Gasteiger partial charge >= 0.3 is 0 Å². The minimum absolute atomic E-state index is 0.00825. The van der Waals surface area contributed by atoms with Crippen LogP contribution in [0.2, 0.25) is 0 Å². The van der Waals surface area contributed by atoms with E-state index in [0.29, 0.717) is 24.6 Å². The highest BCUT2D eigenvalue weighted by Crippen LogP contribution is 2.20. The summed E-state index contributed by atoms with van der Waals surface area (Å²) in [6.45, 7) is 7.70. The number of benzene rings is 1. The Morgan fingerprint density at radius 1 is 1.43 bits per heavy atom. The third-order valence-electron chi connectivity index (χ3n) is 3.53. The number of nitrogens with two attached hydrogens (primary N) is 1. The third kappa shape index (κ3) is 6.63. The number of amides is 1. The lowest BCUT2D eigenvalue weighted by atomic mass is 10.1. The van der Waals surface area contributed by atoms with Gasteiger partial charge in [0.15, 0.2) is 0 Å². The Morgan fingerprint density at radius 2 is 2.19 bits per heavy atom. The van der Waals surface area contributed by atoms with Crippen LogP contribution in [0, 0.1) is 12.8 Å². The Kier molecular flexibility index (Phi) is 7.83. The first-order chi connectivity index (χ1) is 10.0. The topological polar surface area (TPSA) is 64.3 Å². The average molecular weight is 292 g/mol. The molecule has 0 fully saturated rings. The first kappa shape index (κ1) is 17.5. The SMILES string of the molecule is CCCC(C)COCCCC(=O)Nc1cccc(N)c1C. The molecule has 0 aliphatic carbocycles. The summed E-state index contributed by atoms with van der Waals surface area (Å²) in [5, 5.41) is 2.90. The summed E-state index contributed by atoms with van der Waals surface area (Å²) in [6, 6.07) is 5.54. The van der Waals surface area contributed by atoms with E-state index < -0.39 is 0 Å². The number of rotatable bonds is 9. The molecule has 0 aliphatic heterocycles. The lowest BCUT2D eigenvalue weighted by molar-refractivity contribution is -0.116. The molecule has 1 aromatic carbocycles. The summed E-state index contributed by atoms with van der Waals surface area (Å²) in [5.74, 6) is 0.604. The Balaban J connectivity index is 2.21. The van der Waals surface area contributed by atoms with E-state index >= 15 is 0 Å². The van der Waals surface area contributed by atoms with Gasteiger partial charge in [0, 0.05) is 31.0 Å². The highest BCUT2D eigenvalue weighted by Gasteiger charge is 2.06.